The number of likely N-dealkylation sites (tertiary alicyclic amines) is 1. The number of amides is 1. The quantitative estimate of drug-likeness (QED) is 0.859. The number of nitrogens with zero attached hydrogens (tertiary/aromatic N) is 3. The fourth-order valence-corrected chi connectivity index (χ4v) is 4.23. The monoisotopic (exact) mass is 400 g/mol. The summed E-state index contributed by atoms with van der Waals surface area (Å²) < 4.78 is 0. The Morgan fingerprint density at radius 2 is 2.08 bits per heavy atom. The maximum absolute atomic E-state index is 12.6. The van der Waals surface area contributed by atoms with Crippen LogP contribution in [-0.4, -0.2) is 45.9 Å². The maximum atomic E-state index is 12.6. The molecule has 136 valence electrons. The molecule has 0 aliphatic carbocycles. The first-order valence-corrected chi connectivity index (χ1v) is 9.05. The molecule has 0 radical (unpaired) electrons. The van der Waals surface area contributed by atoms with Crippen molar-refractivity contribution in [2.45, 2.75) is 37.8 Å². The van der Waals surface area contributed by atoms with Gasteiger partial charge in [-0.15, -0.1) is 36.2 Å². The standard InChI is InChI=1S/C17H20N4OS.2ClH/c22-16(21-8-6-12-4-5-13(10-21)19-12)9-14-11-23-17(20-14)15-3-1-2-7-18-15;;/h1-3,7,11-13,19H,4-6,8-10H2;2*1H. The van der Waals surface area contributed by atoms with E-state index in [4.69, 9.17) is 0 Å². The molecule has 4 heterocycles. The second kappa shape index (κ2) is 8.94. The van der Waals surface area contributed by atoms with Crippen LogP contribution >= 0.6 is 36.2 Å². The highest BCUT2D eigenvalue weighted by atomic mass is 35.5. The summed E-state index contributed by atoms with van der Waals surface area (Å²) in [6.07, 6.45) is 5.67. The van der Waals surface area contributed by atoms with Gasteiger partial charge in [-0.25, -0.2) is 4.98 Å². The highest BCUT2D eigenvalue weighted by Crippen LogP contribution is 2.23. The summed E-state index contributed by atoms with van der Waals surface area (Å²) in [7, 11) is 0. The first-order valence-electron chi connectivity index (χ1n) is 8.17. The van der Waals surface area contributed by atoms with Gasteiger partial charge in [-0.3, -0.25) is 9.78 Å². The van der Waals surface area contributed by atoms with Crippen molar-refractivity contribution in [3.05, 3.63) is 35.5 Å². The number of fused-ring (bicyclic) bond motifs is 2. The minimum atomic E-state index is 0. The molecule has 1 amide bonds. The topological polar surface area (TPSA) is 58.1 Å². The number of nitrogens with one attached hydrogen (secondary N) is 1. The van der Waals surface area contributed by atoms with Gasteiger partial charge in [0.05, 0.1) is 17.8 Å². The first-order chi connectivity index (χ1) is 11.3. The van der Waals surface area contributed by atoms with Crippen molar-refractivity contribution >= 4 is 42.1 Å². The maximum Gasteiger partial charge on any atom is 0.228 e. The number of pyridine rings is 1. The van der Waals surface area contributed by atoms with E-state index >= 15 is 0 Å². The number of thiazole rings is 1. The first kappa shape index (κ1) is 20.1. The number of hydrogen-bond donors (Lipinski definition) is 1. The lowest BCUT2D eigenvalue weighted by molar-refractivity contribution is -0.130. The number of hydrogen-bond acceptors (Lipinski definition) is 5. The molecular weight excluding hydrogens is 379 g/mol. The molecule has 2 aliphatic rings. The van der Waals surface area contributed by atoms with Gasteiger partial charge in [0.2, 0.25) is 5.91 Å². The average molecular weight is 401 g/mol. The minimum absolute atomic E-state index is 0. The molecule has 2 atom stereocenters. The lowest BCUT2D eigenvalue weighted by Gasteiger charge is -2.24. The largest absolute Gasteiger partial charge is 0.341 e. The summed E-state index contributed by atoms with van der Waals surface area (Å²) in [6.45, 7) is 1.71. The van der Waals surface area contributed by atoms with Gasteiger partial charge in [-0.1, -0.05) is 6.07 Å². The van der Waals surface area contributed by atoms with Crippen LogP contribution in [0.4, 0.5) is 0 Å². The van der Waals surface area contributed by atoms with Crippen LogP contribution in [0.15, 0.2) is 29.8 Å². The Labute approximate surface area is 164 Å². The van der Waals surface area contributed by atoms with Gasteiger partial charge in [0, 0.05) is 36.8 Å². The van der Waals surface area contributed by atoms with Crippen LogP contribution in [0.2, 0.25) is 0 Å². The molecule has 0 spiro atoms. The van der Waals surface area contributed by atoms with Crippen molar-refractivity contribution in [1.82, 2.24) is 20.2 Å². The molecule has 2 saturated heterocycles. The molecule has 2 bridgehead atoms. The number of carbonyl (C=O) groups is 1. The van der Waals surface area contributed by atoms with E-state index in [1.165, 1.54) is 12.8 Å². The van der Waals surface area contributed by atoms with Gasteiger partial charge < -0.3 is 10.2 Å². The van der Waals surface area contributed by atoms with E-state index in [-0.39, 0.29) is 30.7 Å². The SMILES string of the molecule is Cl.Cl.O=C(Cc1csc(-c2ccccn2)n1)N1CCC2CCC(C1)N2. The van der Waals surface area contributed by atoms with E-state index in [0.29, 0.717) is 18.5 Å². The number of halogens is 2. The average Bonchev–Trinajstić information content (AvgIpc) is 3.14. The number of carbonyl (C=O) groups excluding carboxylic acids is 1. The van der Waals surface area contributed by atoms with Gasteiger partial charge in [0.25, 0.3) is 0 Å². The van der Waals surface area contributed by atoms with Gasteiger partial charge in [-0.2, -0.15) is 0 Å². The second-order valence-corrected chi connectivity index (χ2v) is 7.16. The molecule has 2 fully saturated rings. The summed E-state index contributed by atoms with van der Waals surface area (Å²) in [5, 5.41) is 6.47. The third-order valence-electron chi connectivity index (χ3n) is 4.64. The van der Waals surface area contributed by atoms with E-state index in [9.17, 15) is 4.79 Å². The fraction of sp³-hybridized carbons (Fsp3) is 0.471. The van der Waals surface area contributed by atoms with Crippen molar-refractivity contribution in [3.8, 4) is 10.7 Å². The predicted octanol–water partition coefficient (Wildman–Crippen LogP) is 2.94. The minimum Gasteiger partial charge on any atom is -0.341 e. The highest BCUT2D eigenvalue weighted by molar-refractivity contribution is 7.13. The van der Waals surface area contributed by atoms with Crippen LogP contribution in [0.1, 0.15) is 25.0 Å². The van der Waals surface area contributed by atoms with Gasteiger partial charge in [0.15, 0.2) is 0 Å². The highest BCUT2D eigenvalue weighted by Gasteiger charge is 2.31. The molecule has 5 nitrogen and oxygen atoms in total. The van der Waals surface area contributed by atoms with Crippen molar-refractivity contribution in [2.75, 3.05) is 13.1 Å². The molecule has 2 unspecified atom stereocenters. The number of rotatable bonds is 3. The normalized spacial score (nSPS) is 21.8. The predicted molar refractivity (Wildman–Crippen MR) is 105 cm³/mol. The summed E-state index contributed by atoms with van der Waals surface area (Å²) in [5.74, 6) is 0.192. The molecule has 1 N–H and O–H groups in total. The summed E-state index contributed by atoms with van der Waals surface area (Å²) >= 11 is 1.55. The Morgan fingerprint density at radius 1 is 1.24 bits per heavy atom. The van der Waals surface area contributed by atoms with E-state index in [2.05, 4.69) is 15.3 Å². The van der Waals surface area contributed by atoms with Crippen molar-refractivity contribution < 1.29 is 4.79 Å². The van der Waals surface area contributed by atoms with Crippen LogP contribution in [0.3, 0.4) is 0 Å². The smallest absolute Gasteiger partial charge is 0.228 e. The van der Waals surface area contributed by atoms with Crippen LogP contribution in [0, 0.1) is 0 Å². The van der Waals surface area contributed by atoms with Crippen LogP contribution in [0.25, 0.3) is 10.7 Å². The zero-order valence-electron chi connectivity index (χ0n) is 13.8. The van der Waals surface area contributed by atoms with E-state index in [1.54, 1.807) is 17.5 Å². The lowest BCUT2D eigenvalue weighted by Crippen LogP contribution is -2.39. The van der Waals surface area contributed by atoms with Crippen LogP contribution in [-0.2, 0) is 11.2 Å². The Morgan fingerprint density at radius 3 is 2.88 bits per heavy atom. The fourth-order valence-electron chi connectivity index (χ4n) is 3.43. The molecule has 25 heavy (non-hydrogen) atoms. The zero-order valence-corrected chi connectivity index (χ0v) is 16.2. The van der Waals surface area contributed by atoms with Gasteiger partial charge in [0.1, 0.15) is 5.01 Å². The summed E-state index contributed by atoms with van der Waals surface area (Å²) in [6, 6.07) is 6.87. The summed E-state index contributed by atoms with van der Waals surface area (Å²) in [4.78, 5) is 23.5. The van der Waals surface area contributed by atoms with Crippen molar-refractivity contribution in [3.63, 3.8) is 0 Å². The van der Waals surface area contributed by atoms with E-state index < -0.39 is 0 Å². The second-order valence-electron chi connectivity index (χ2n) is 6.30. The lowest BCUT2D eigenvalue weighted by atomic mass is 10.1. The molecule has 8 heteroatoms. The summed E-state index contributed by atoms with van der Waals surface area (Å²) in [5.41, 5.74) is 1.72. The zero-order chi connectivity index (χ0) is 15.6. The van der Waals surface area contributed by atoms with Gasteiger partial charge in [-0.05, 0) is 31.4 Å². The van der Waals surface area contributed by atoms with E-state index in [1.807, 2.05) is 28.5 Å². The van der Waals surface area contributed by atoms with Gasteiger partial charge >= 0.3 is 0 Å². The molecule has 2 aromatic heterocycles. The number of aromatic nitrogens is 2. The Kier molecular flexibility index (Phi) is 7.19. The van der Waals surface area contributed by atoms with Crippen LogP contribution in [0.5, 0.6) is 0 Å². The molecular formula is C17H22Cl2N4OS. The molecule has 0 aromatic carbocycles. The van der Waals surface area contributed by atoms with E-state index in [0.717, 1.165) is 35.9 Å². The molecule has 0 saturated carbocycles. The Balaban J connectivity index is 0.00000113. The Bertz CT molecular complexity index is 697. The third kappa shape index (κ3) is 4.70. The Hall–Kier alpha value is -1.21. The van der Waals surface area contributed by atoms with Crippen molar-refractivity contribution in [2.24, 2.45) is 0 Å². The van der Waals surface area contributed by atoms with Crippen LogP contribution < -0.4 is 5.32 Å². The molecule has 4 rings (SSSR count). The molecule has 2 aliphatic heterocycles. The third-order valence-corrected chi connectivity index (χ3v) is 5.56. The molecule has 2 aromatic rings. The van der Waals surface area contributed by atoms with Crippen molar-refractivity contribution in [1.29, 1.82) is 0 Å².